The Labute approximate surface area is 114 Å². The lowest BCUT2D eigenvalue weighted by molar-refractivity contribution is 0.0691. The van der Waals surface area contributed by atoms with Crippen molar-refractivity contribution >= 4 is 5.97 Å². The van der Waals surface area contributed by atoms with Crippen LogP contribution < -0.4 is 4.74 Å². The summed E-state index contributed by atoms with van der Waals surface area (Å²) < 4.78 is 18.8. The highest BCUT2D eigenvalue weighted by Crippen LogP contribution is 2.26. The summed E-state index contributed by atoms with van der Waals surface area (Å²) in [5.41, 5.74) is 0.813. The van der Waals surface area contributed by atoms with Gasteiger partial charge in [0.2, 0.25) is 0 Å². The summed E-state index contributed by atoms with van der Waals surface area (Å²) in [5.74, 6) is -0.577. The molecule has 1 aromatic heterocycles. The van der Waals surface area contributed by atoms with Gasteiger partial charge in [0.25, 0.3) is 0 Å². The fourth-order valence-electron chi connectivity index (χ4n) is 1.88. The van der Waals surface area contributed by atoms with Crippen LogP contribution in [0.1, 0.15) is 16.9 Å². The van der Waals surface area contributed by atoms with Gasteiger partial charge in [-0.15, -0.1) is 5.10 Å². The number of nitrogens with zero attached hydrogens (tertiary/aromatic N) is 3. The molecule has 0 aliphatic heterocycles. The molecule has 106 valence electrons. The molecule has 0 saturated heterocycles. The van der Waals surface area contributed by atoms with E-state index in [9.17, 15) is 14.3 Å². The number of carbonyl (C=O) groups is 1. The highest BCUT2D eigenvalue weighted by molar-refractivity contribution is 5.92. The lowest BCUT2D eigenvalue weighted by atomic mass is 10.1. The fourth-order valence-corrected chi connectivity index (χ4v) is 1.88. The molecule has 7 heteroatoms. The number of aromatic carboxylic acids is 1. The monoisotopic (exact) mass is 279 g/mol. The lowest BCUT2D eigenvalue weighted by Crippen LogP contribution is -2.05. The molecule has 1 N–H and O–H groups in total. The van der Waals surface area contributed by atoms with E-state index in [1.165, 1.54) is 11.8 Å². The first-order chi connectivity index (χ1) is 9.67. The van der Waals surface area contributed by atoms with Crippen molar-refractivity contribution in [1.29, 1.82) is 0 Å². The molecule has 2 rings (SSSR count). The van der Waals surface area contributed by atoms with E-state index in [2.05, 4.69) is 10.3 Å². The Morgan fingerprint density at radius 3 is 2.95 bits per heavy atom. The number of carboxylic acids is 1. The van der Waals surface area contributed by atoms with Crippen molar-refractivity contribution in [3.63, 3.8) is 0 Å². The molecule has 0 saturated carbocycles. The van der Waals surface area contributed by atoms with Crippen LogP contribution in [0.25, 0.3) is 11.3 Å². The number of hydrogen-bond acceptors (Lipinski definition) is 4. The zero-order chi connectivity index (χ0) is 14.5. The second kappa shape index (κ2) is 6.14. The number of ether oxygens (including phenoxy) is 1. The topological polar surface area (TPSA) is 77.2 Å². The number of alkyl halides is 1. The van der Waals surface area contributed by atoms with Crippen molar-refractivity contribution in [3.8, 4) is 17.0 Å². The summed E-state index contributed by atoms with van der Waals surface area (Å²) in [5, 5.41) is 16.6. The molecule has 20 heavy (non-hydrogen) atoms. The van der Waals surface area contributed by atoms with Gasteiger partial charge in [-0.05, 0) is 18.6 Å². The second-order valence-electron chi connectivity index (χ2n) is 4.09. The first-order valence-corrected chi connectivity index (χ1v) is 6.04. The third-order valence-electron chi connectivity index (χ3n) is 2.78. The lowest BCUT2D eigenvalue weighted by Gasteiger charge is -2.07. The number of aromatic nitrogens is 3. The molecule has 0 fully saturated rings. The second-order valence-corrected chi connectivity index (χ2v) is 4.09. The minimum Gasteiger partial charge on any atom is -0.497 e. The van der Waals surface area contributed by atoms with Gasteiger partial charge in [-0.3, -0.25) is 4.39 Å². The van der Waals surface area contributed by atoms with E-state index in [0.29, 0.717) is 17.0 Å². The van der Waals surface area contributed by atoms with Crippen molar-refractivity contribution in [3.05, 3.63) is 30.0 Å². The average Bonchev–Trinajstić information content (AvgIpc) is 2.89. The number of rotatable bonds is 6. The van der Waals surface area contributed by atoms with Crippen LogP contribution in [-0.4, -0.2) is 39.9 Å². The van der Waals surface area contributed by atoms with Crippen LogP contribution >= 0.6 is 0 Å². The van der Waals surface area contributed by atoms with E-state index < -0.39 is 12.6 Å². The maximum Gasteiger partial charge on any atom is 0.358 e. The first-order valence-electron chi connectivity index (χ1n) is 6.04. The number of aryl methyl sites for hydroxylation is 1. The molecular formula is C13H14FN3O3. The highest BCUT2D eigenvalue weighted by atomic mass is 19.1. The van der Waals surface area contributed by atoms with Crippen LogP contribution in [0, 0.1) is 0 Å². The van der Waals surface area contributed by atoms with Gasteiger partial charge in [0, 0.05) is 12.1 Å². The molecule has 0 aliphatic carbocycles. The predicted molar refractivity (Wildman–Crippen MR) is 69.6 cm³/mol. The van der Waals surface area contributed by atoms with Gasteiger partial charge >= 0.3 is 5.97 Å². The van der Waals surface area contributed by atoms with Gasteiger partial charge in [-0.2, -0.15) is 0 Å². The molecule has 2 aromatic rings. The summed E-state index contributed by atoms with van der Waals surface area (Å²) in [6.45, 7) is -0.233. The summed E-state index contributed by atoms with van der Waals surface area (Å²) in [6.07, 6.45) is 0.249. The number of hydrogen-bond donors (Lipinski definition) is 1. The van der Waals surface area contributed by atoms with Crippen molar-refractivity contribution in [2.75, 3.05) is 13.8 Å². The maximum absolute atomic E-state index is 12.3. The standard InChI is InChI=1S/C13H14FN3O3/c1-20-10-5-2-4-9(8-10)12-11(13(18)19)15-16-17(12)7-3-6-14/h2,4-5,8H,3,6-7H2,1H3,(H,18,19). The van der Waals surface area contributed by atoms with E-state index in [-0.39, 0.29) is 18.7 Å². The molecule has 0 bridgehead atoms. The Bertz CT molecular complexity index is 613. The molecule has 1 aromatic carbocycles. The summed E-state index contributed by atoms with van der Waals surface area (Å²) in [6, 6.07) is 6.92. The van der Waals surface area contributed by atoms with Crippen molar-refractivity contribution in [1.82, 2.24) is 15.0 Å². The normalized spacial score (nSPS) is 10.5. The third-order valence-corrected chi connectivity index (χ3v) is 2.78. The Hall–Kier alpha value is -2.44. The zero-order valence-corrected chi connectivity index (χ0v) is 10.9. The molecule has 0 spiro atoms. The molecule has 0 radical (unpaired) electrons. The van der Waals surface area contributed by atoms with Crippen LogP contribution in [0.3, 0.4) is 0 Å². The van der Waals surface area contributed by atoms with E-state index >= 15 is 0 Å². The van der Waals surface area contributed by atoms with E-state index in [1.54, 1.807) is 24.3 Å². The van der Waals surface area contributed by atoms with Crippen LogP contribution in [0.5, 0.6) is 5.75 Å². The number of carboxylic acid groups (broad SMARTS) is 1. The first kappa shape index (κ1) is 14.0. The van der Waals surface area contributed by atoms with Gasteiger partial charge in [-0.25, -0.2) is 9.48 Å². The number of halogens is 1. The largest absolute Gasteiger partial charge is 0.497 e. The Balaban J connectivity index is 2.50. The molecular weight excluding hydrogens is 265 g/mol. The number of benzene rings is 1. The van der Waals surface area contributed by atoms with Crippen LogP contribution in [0.2, 0.25) is 0 Å². The minimum absolute atomic E-state index is 0.155. The Kier molecular flexibility index (Phi) is 4.29. The van der Waals surface area contributed by atoms with Gasteiger partial charge in [0.05, 0.1) is 13.8 Å². The van der Waals surface area contributed by atoms with Gasteiger partial charge in [0.15, 0.2) is 5.69 Å². The minimum atomic E-state index is -1.17. The quantitative estimate of drug-likeness (QED) is 0.875. The summed E-state index contributed by atoms with van der Waals surface area (Å²) >= 11 is 0. The number of methoxy groups -OCH3 is 1. The van der Waals surface area contributed by atoms with E-state index in [1.807, 2.05) is 0 Å². The molecule has 0 amide bonds. The summed E-state index contributed by atoms with van der Waals surface area (Å²) in [4.78, 5) is 11.2. The third kappa shape index (κ3) is 2.76. The van der Waals surface area contributed by atoms with E-state index in [0.717, 1.165) is 0 Å². The van der Waals surface area contributed by atoms with Crippen molar-refractivity contribution in [2.45, 2.75) is 13.0 Å². The molecule has 6 nitrogen and oxygen atoms in total. The predicted octanol–water partition coefficient (Wildman–Crippen LogP) is 2.01. The van der Waals surface area contributed by atoms with Gasteiger partial charge in [0.1, 0.15) is 11.4 Å². The Morgan fingerprint density at radius 1 is 1.50 bits per heavy atom. The fraction of sp³-hybridized carbons (Fsp3) is 0.308. The van der Waals surface area contributed by atoms with Crippen LogP contribution in [0.4, 0.5) is 4.39 Å². The highest BCUT2D eigenvalue weighted by Gasteiger charge is 2.20. The van der Waals surface area contributed by atoms with Crippen LogP contribution in [-0.2, 0) is 6.54 Å². The average molecular weight is 279 g/mol. The van der Waals surface area contributed by atoms with Crippen molar-refractivity contribution in [2.24, 2.45) is 0 Å². The Morgan fingerprint density at radius 2 is 2.30 bits per heavy atom. The molecule has 0 atom stereocenters. The maximum atomic E-state index is 12.3. The SMILES string of the molecule is COc1cccc(-c2c(C(=O)O)nnn2CCCF)c1. The van der Waals surface area contributed by atoms with Gasteiger partial charge in [-0.1, -0.05) is 17.3 Å². The smallest absolute Gasteiger partial charge is 0.358 e. The van der Waals surface area contributed by atoms with Crippen molar-refractivity contribution < 1.29 is 19.0 Å². The molecule has 0 unspecified atom stereocenters. The van der Waals surface area contributed by atoms with E-state index in [4.69, 9.17) is 4.74 Å². The van der Waals surface area contributed by atoms with Crippen LogP contribution in [0.15, 0.2) is 24.3 Å². The van der Waals surface area contributed by atoms with Gasteiger partial charge < -0.3 is 9.84 Å². The zero-order valence-electron chi connectivity index (χ0n) is 10.9. The molecule has 1 heterocycles. The summed E-state index contributed by atoms with van der Waals surface area (Å²) in [7, 11) is 1.52. The molecule has 0 aliphatic rings.